The predicted octanol–water partition coefficient (Wildman–Crippen LogP) is 5.01. The number of amides is 1. The lowest BCUT2D eigenvalue weighted by molar-refractivity contribution is -0.139. The highest BCUT2D eigenvalue weighted by molar-refractivity contribution is 5.65. The highest BCUT2D eigenvalue weighted by atomic mass is 19.4. The van der Waals surface area contributed by atoms with Crippen LogP contribution >= 0.6 is 0 Å². The zero-order valence-electron chi connectivity index (χ0n) is 16.4. The van der Waals surface area contributed by atoms with Gasteiger partial charge in [-0.3, -0.25) is 0 Å². The molecule has 1 atom stereocenters. The number of nitrogens with one attached hydrogen (secondary N) is 1. The van der Waals surface area contributed by atoms with E-state index >= 15 is 0 Å². The second kappa shape index (κ2) is 11.1. The molecule has 8 heteroatoms. The summed E-state index contributed by atoms with van der Waals surface area (Å²) in [7, 11) is 0. The van der Waals surface area contributed by atoms with Gasteiger partial charge in [-0.1, -0.05) is 38.7 Å². The maximum atomic E-state index is 13.4. The van der Waals surface area contributed by atoms with Crippen molar-refractivity contribution in [1.29, 1.82) is 0 Å². The number of unbranched alkanes of at least 4 members (excludes halogenated alkanes) is 4. The van der Waals surface area contributed by atoms with Gasteiger partial charge in [0.2, 0.25) is 0 Å². The third-order valence-corrected chi connectivity index (χ3v) is 4.58. The van der Waals surface area contributed by atoms with Crippen molar-refractivity contribution >= 4 is 6.09 Å². The fraction of sp³-hybridized carbons (Fsp3) is 0.650. The molecule has 0 fully saturated rings. The molecule has 0 radical (unpaired) electrons. The molecule has 0 aliphatic heterocycles. The summed E-state index contributed by atoms with van der Waals surface area (Å²) in [5, 5.41) is 20.4. The van der Waals surface area contributed by atoms with Gasteiger partial charge in [-0.15, -0.1) is 0 Å². The van der Waals surface area contributed by atoms with Gasteiger partial charge in [0.1, 0.15) is 5.75 Å². The van der Waals surface area contributed by atoms with E-state index in [-0.39, 0.29) is 25.2 Å². The summed E-state index contributed by atoms with van der Waals surface area (Å²) in [6.45, 7) is 3.37. The maximum Gasteiger partial charge on any atom is 0.419 e. The molecular formula is C20H30F3NO4. The number of hydrogen-bond donors (Lipinski definition) is 3. The van der Waals surface area contributed by atoms with Gasteiger partial charge in [-0.25, -0.2) is 4.79 Å². The first-order valence-corrected chi connectivity index (χ1v) is 9.56. The number of aryl methyl sites for hydroxylation is 1. The molecule has 0 saturated carbocycles. The molecule has 160 valence electrons. The Kier molecular flexibility index (Phi) is 9.58. The number of carbonyl (C=O) groups is 1. The third-order valence-electron chi connectivity index (χ3n) is 4.58. The van der Waals surface area contributed by atoms with Crippen molar-refractivity contribution in [2.45, 2.75) is 70.5 Å². The summed E-state index contributed by atoms with van der Waals surface area (Å²) in [6.07, 6.45) is -0.647. The van der Waals surface area contributed by atoms with Crippen molar-refractivity contribution in [2.75, 3.05) is 13.2 Å². The Labute approximate surface area is 163 Å². The van der Waals surface area contributed by atoms with Crippen molar-refractivity contribution in [3.8, 4) is 5.75 Å². The first-order chi connectivity index (χ1) is 13.1. The molecule has 0 aromatic heterocycles. The van der Waals surface area contributed by atoms with Crippen molar-refractivity contribution < 1.29 is 32.9 Å². The Hall–Kier alpha value is -1.96. The molecule has 1 amide bonds. The summed E-state index contributed by atoms with van der Waals surface area (Å²) in [6, 6.07) is 3.89. The molecule has 1 aromatic carbocycles. The molecule has 1 rings (SSSR count). The van der Waals surface area contributed by atoms with Crippen molar-refractivity contribution in [2.24, 2.45) is 0 Å². The van der Waals surface area contributed by atoms with Crippen LogP contribution in [0, 0.1) is 0 Å². The van der Waals surface area contributed by atoms with E-state index in [1.807, 2.05) is 0 Å². The van der Waals surface area contributed by atoms with Gasteiger partial charge in [0.15, 0.2) is 0 Å². The Bertz CT molecular complexity index is 622. The summed E-state index contributed by atoms with van der Waals surface area (Å²) < 4.78 is 45.6. The van der Waals surface area contributed by atoms with E-state index < -0.39 is 30.0 Å². The Morgan fingerprint density at radius 2 is 1.86 bits per heavy atom. The fourth-order valence-corrected chi connectivity index (χ4v) is 2.83. The predicted molar refractivity (Wildman–Crippen MR) is 101 cm³/mol. The van der Waals surface area contributed by atoms with Gasteiger partial charge in [0, 0.05) is 0 Å². The van der Waals surface area contributed by atoms with E-state index in [9.17, 15) is 23.1 Å². The van der Waals surface area contributed by atoms with Crippen LogP contribution in [0.1, 0.15) is 63.5 Å². The first-order valence-electron chi connectivity index (χ1n) is 9.56. The van der Waals surface area contributed by atoms with Gasteiger partial charge < -0.3 is 20.3 Å². The minimum atomic E-state index is -4.55. The van der Waals surface area contributed by atoms with E-state index in [1.165, 1.54) is 13.0 Å². The van der Waals surface area contributed by atoms with E-state index in [0.29, 0.717) is 12.0 Å². The lowest BCUT2D eigenvalue weighted by Crippen LogP contribution is -2.48. The van der Waals surface area contributed by atoms with Crippen LogP contribution in [0.3, 0.4) is 0 Å². The lowest BCUT2D eigenvalue weighted by Gasteiger charge is -2.27. The minimum Gasteiger partial charge on any atom is -0.493 e. The summed E-state index contributed by atoms with van der Waals surface area (Å²) in [5.74, 6) is -0.194. The van der Waals surface area contributed by atoms with Gasteiger partial charge >= 0.3 is 12.3 Å². The molecule has 28 heavy (non-hydrogen) atoms. The molecule has 0 saturated heterocycles. The summed E-state index contributed by atoms with van der Waals surface area (Å²) in [5.41, 5.74) is -1.57. The minimum absolute atomic E-state index is 0.157. The van der Waals surface area contributed by atoms with Crippen LogP contribution in [0.5, 0.6) is 5.75 Å². The highest BCUT2D eigenvalue weighted by Crippen LogP contribution is 2.37. The Balaban J connectivity index is 2.78. The molecule has 5 nitrogen and oxygen atoms in total. The normalized spacial score (nSPS) is 13.8. The molecule has 0 unspecified atom stereocenters. The topological polar surface area (TPSA) is 78.8 Å². The highest BCUT2D eigenvalue weighted by Gasteiger charge is 2.35. The van der Waals surface area contributed by atoms with Gasteiger partial charge in [-0.05, 0) is 43.9 Å². The average Bonchev–Trinajstić information content (AvgIpc) is 2.62. The Morgan fingerprint density at radius 1 is 1.18 bits per heavy atom. The van der Waals surface area contributed by atoms with Gasteiger partial charge in [0.05, 0.1) is 24.3 Å². The number of carboxylic acid groups (broad SMARTS) is 1. The molecule has 3 N–H and O–H groups in total. The van der Waals surface area contributed by atoms with E-state index in [1.54, 1.807) is 6.07 Å². The smallest absolute Gasteiger partial charge is 0.419 e. The van der Waals surface area contributed by atoms with Crippen LogP contribution in [-0.4, -0.2) is 35.1 Å². The van der Waals surface area contributed by atoms with Crippen LogP contribution in [-0.2, 0) is 12.6 Å². The molecular weight excluding hydrogens is 375 g/mol. The maximum absolute atomic E-state index is 13.4. The molecule has 0 aliphatic rings. The number of alkyl halides is 3. The third kappa shape index (κ3) is 8.37. The molecule has 1 aromatic rings. The standard InChI is InChI=1S/C20H30F3NO4/c1-3-4-5-6-7-12-28-17-9-8-15(13-16(17)20(21,22)23)10-11-19(2,14-25)24-18(26)27/h8-9,13,24-25H,3-7,10-12,14H2,1-2H3,(H,26,27)/t19-/m0/s1. The van der Waals surface area contributed by atoms with Crippen LogP contribution < -0.4 is 10.1 Å². The largest absolute Gasteiger partial charge is 0.493 e. The lowest BCUT2D eigenvalue weighted by atomic mass is 9.93. The zero-order valence-corrected chi connectivity index (χ0v) is 16.4. The number of ether oxygens (including phenoxy) is 1. The number of hydrogen-bond acceptors (Lipinski definition) is 3. The number of aliphatic hydroxyl groups is 1. The van der Waals surface area contributed by atoms with Crippen LogP contribution in [0.25, 0.3) is 0 Å². The van der Waals surface area contributed by atoms with Crippen molar-refractivity contribution in [3.63, 3.8) is 0 Å². The number of halogens is 3. The van der Waals surface area contributed by atoms with Crippen LogP contribution in [0.15, 0.2) is 18.2 Å². The average molecular weight is 405 g/mol. The van der Waals surface area contributed by atoms with Crippen LogP contribution in [0.4, 0.5) is 18.0 Å². The van der Waals surface area contributed by atoms with Crippen LogP contribution in [0.2, 0.25) is 0 Å². The molecule has 0 aliphatic carbocycles. The monoisotopic (exact) mass is 405 g/mol. The van der Waals surface area contributed by atoms with Gasteiger partial charge in [-0.2, -0.15) is 13.2 Å². The summed E-state index contributed by atoms with van der Waals surface area (Å²) in [4.78, 5) is 10.8. The van der Waals surface area contributed by atoms with E-state index in [2.05, 4.69) is 12.2 Å². The number of rotatable bonds is 12. The number of benzene rings is 1. The van der Waals surface area contributed by atoms with E-state index in [4.69, 9.17) is 9.84 Å². The second-order valence-electron chi connectivity index (χ2n) is 7.24. The number of aliphatic hydroxyl groups excluding tert-OH is 1. The van der Waals surface area contributed by atoms with Crippen molar-refractivity contribution in [1.82, 2.24) is 5.32 Å². The van der Waals surface area contributed by atoms with Gasteiger partial charge in [0.25, 0.3) is 0 Å². The van der Waals surface area contributed by atoms with Crippen molar-refractivity contribution in [3.05, 3.63) is 29.3 Å². The molecule has 0 spiro atoms. The zero-order chi connectivity index (χ0) is 21.2. The Morgan fingerprint density at radius 3 is 2.43 bits per heavy atom. The quantitative estimate of drug-likeness (QED) is 0.427. The first kappa shape index (κ1) is 24.1. The molecule has 0 bridgehead atoms. The summed E-state index contributed by atoms with van der Waals surface area (Å²) >= 11 is 0. The SMILES string of the molecule is CCCCCCCOc1ccc(CC[C@@](C)(CO)NC(=O)O)cc1C(F)(F)F. The molecule has 0 heterocycles. The fourth-order valence-electron chi connectivity index (χ4n) is 2.83. The second-order valence-corrected chi connectivity index (χ2v) is 7.24. The van der Waals surface area contributed by atoms with E-state index in [0.717, 1.165) is 31.7 Å².